The van der Waals surface area contributed by atoms with E-state index in [0.717, 1.165) is 69.4 Å². The van der Waals surface area contributed by atoms with Gasteiger partial charge in [0.05, 0.1) is 22.5 Å². The zero-order chi connectivity index (χ0) is 31.4. The van der Waals surface area contributed by atoms with Gasteiger partial charge >= 0.3 is 0 Å². The van der Waals surface area contributed by atoms with Gasteiger partial charge in [-0.25, -0.2) is 15.0 Å². The third kappa shape index (κ3) is 7.12. The van der Waals surface area contributed by atoms with Gasteiger partial charge in [0.2, 0.25) is 5.95 Å². The first-order valence-electron chi connectivity index (χ1n) is 14.5. The van der Waals surface area contributed by atoms with Crippen LogP contribution in [0.15, 0.2) is 66.2 Å². The maximum absolute atomic E-state index is 12.8. The van der Waals surface area contributed by atoms with Gasteiger partial charge in [0.1, 0.15) is 16.4 Å². The largest absolute Gasteiger partial charge is 0.294 e. The number of ketones is 2. The van der Waals surface area contributed by atoms with Crippen molar-refractivity contribution in [3.8, 4) is 34.3 Å². The molecule has 5 aromatic rings. The number of nitrogens with zero attached hydrogens (tertiary/aromatic N) is 4. The zero-order valence-electron chi connectivity index (χ0n) is 24.7. The summed E-state index contributed by atoms with van der Waals surface area (Å²) in [6, 6.07) is 17.3. The maximum atomic E-state index is 12.8. The van der Waals surface area contributed by atoms with E-state index in [0.29, 0.717) is 28.4 Å². The van der Waals surface area contributed by atoms with E-state index in [1.807, 2.05) is 56.3 Å². The average Bonchev–Trinajstić information content (AvgIpc) is 3.71. The first-order valence-corrected chi connectivity index (χ1v) is 16.2. The van der Waals surface area contributed by atoms with E-state index in [2.05, 4.69) is 43.6 Å². The minimum Gasteiger partial charge on any atom is -0.294 e. The number of hydrogen-bond donors (Lipinski definition) is 0. The van der Waals surface area contributed by atoms with Crippen LogP contribution in [0.2, 0.25) is 0 Å². The van der Waals surface area contributed by atoms with Crippen LogP contribution in [0.1, 0.15) is 86.5 Å². The average molecular weight is 631 g/mol. The normalized spacial score (nSPS) is 14.5. The number of carbonyl (C=O) groups excluding carboxylic acids is 2. The van der Waals surface area contributed by atoms with Crippen molar-refractivity contribution in [1.82, 2.24) is 19.9 Å². The fourth-order valence-electron chi connectivity index (χ4n) is 5.04. The second kappa shape index (κ2) is 13.0. The third-order valence-corrected chi connectivity index (χ3v) is 9.22. The second-order valence-corrected chi connectivity index (χ2v) is 13.1. The van der Waals surface area contributed by atoms with Crippen molar-refractivity contribution in [1.29, 1.82) is 0 Å². The van der Waals surface area contributed by atoms with Gasteiger partial charge in [-0.1, -0.05) is 44.2 Å². The molecule has 0 bridgehead atoms. The second-order valence-electron chi connectivity index (χ2n) is 11.2. The molecule has 0 fully saturated rings. The molecule has 0 saturated carbocycles. The first-order chi connectivity index (χ1) is 21.7. The van der Waals surface area contributed by atoms with Crippen molar-refractivity contribution in [2.24, 2.45) is 5.41 Å². The van der Waals surface area contributed by atoms with Gasteiger partial charge in [-0.3, -0.25) is 9.59 Å². The minimum absolute atomic E-state index is 0.137. The predicted molar refractivity (Wildman–Crippen MR) is 174 cm³/mol. The van der Waals surface area contributed by atoms with E-state index >= 15 is 0 Å². The van der Waals surface area contributed by atoms with Crippen LogP contribution < -0.4 is 0 Å². The molecule has 0 atom stereocenters. The Morgan fingerprint density at radius 1 is 0.800 bits per heavy atom. The summed E-state index contributed by atoms with van der Waals surface area (Å²) in [6.45, 7) is 3.92. The smallest absolute Gasteiger partial charge is 0.224 e. The number of benzene rings is 1. The van der Waals surface area contributed by atoms with Crippen molar-refractivity contribution in [2.75, 3.05) is 0 Å². The number of aromatic nitrogens is 4. The standard InChI is InChI=1S/C20H14N2OS.C16H13FN2OS/c23-19-8-4-7-18-17(19)12-10-15(22-18)9-11-16-13-21-20(24-16)14-5-2-1-3-6-14;1-16(2)8-7-12-11(15(16)20)5-3-10(18-12)4-6-14-19-13(17)9-21-14/h1-3,5-6,10,12-13H,4,7-8H2;3,5,9H,7-8H2,1-2H3. The van der Waals surface area contributed by atoms with Gasteiger partial charge in [0, 0.05) is 33.9 Å². The number of carbonyl (C=O) groups is 2. The van der Waals surface area contributed by atoms with Crippen LogP contribution in [0, 0.1) is 35.0 Å². The molecule has 0 amide bonds. The highest BCUT2D eigenvalue weighted by Gasteiger charge is 2.34. The van der Waals surface area contributed by atoms with Crippen LogP contribution in [-0.4, -0.2) is 31.5 Å². The van der Waals surface area contributed by atoms with Crippen molar-refractivity contribution in [3.05, 3.63) is 116 Å². The summed E-state index contributed by atoms with van der Waals surface area (Å²) < 4.78 is 12.8. The van der Waals surface area contributed by atoms with Crippen LogP contribution in [0.3, 0.4) is 0 Å². The lowest BCUT2D eigenvalue weighted by Crippen LogP contribution is -2.31. The van der Waals surface area contributed by atoms with Crippen LogP contribution in [-0.2, 0) is 12.8 Å². The number of fused-ring (bicyclic) bond motifs is 2. The molecule has 222 valence electrons. The van der Waals surface area contributed by atoms with E-state index < -0.39 is 5.95 Å². The summed E-state index contributed by atoms with van der Waals surface area (Å²) in [5.41, 5.74) is 5.20. The Bertz CT molecular complexity index is 2040. The summed E-state index contributed by atoms with van der Waals surface area (Å²) >= 11 is 2.72. The Kier molecular flexibility index (Phi) is 8.75. The van der Waals surface area contributed by atoms with Crippen molar-refractivity contribution < 1.29 is 14.0 Å². The van der Waals surface area contributed by atoms with E-state index in [4.69, 9.17) is 0 Å². The quantitative estimate of drug-likeness (QED) is 0.180. The molecule has 9 heteroatoms. The molecule has 0 unspecified atom stereocenters. The SMILES string of the molecule is CC1(C)CCc2nc(C#Cc3nc(F)cs3)ccc2C1=O.O=C1CCCc2nc(C#Cc3cnc(-c4ccccc4)s3)ccc21. The lowest BCUT2D eigenvalue weighted by atomic mass is 9.75. The number of hydrogen-bond acceptors (Lipinski definition) is 8. The fraction of sp³-hybridized carbons (Fsp3) is 0.222. The molecule has 0 saturated heterocycles. The van der Waals surface area contributed by atoms with Crippen molar-refractivity contribution in [2.45, 2.75) is 46.0 Å². The van der Waals surface area contributed by atoms with Gasteiger partial charge in [0.15, 0.2) is 16.6 Å². The Labute approximate surface area is 268 Å². The molecule has 4 aromatic heterocycles. The lowest BCUT2D eigenvalue weighted by molar-refractivity contribution is 0.0809. The van der Waals surface area contributed by atoms with E-state index in [1.54, 1.807) is 29.7 Å². The molecule has 2 aliphatic carbocycles. The zero-order valence-corrected chi connectivity index (χ0v) is 26.3. The van der Waals surface area contributed by atoms with Crippen molar-refractivity contribution >= 4 is 34.2 Å². The summed E-state index contributed by atoms with van der Waals surface area (Å²) in [4.78, 5) is 42.1. The number of Topliss-reactive ketones (excluding diaryl/α,β-unsaturated/α-hetero) is 2. The molecule has 4 heterocycles. The molecule has 45 heavy (non-hydrogen) atoms. The summed E-state index contributed by atoms with van der Waals surface area (Å²) in [6.07, 6.45) is 5.72. The highest BCUT2D eigenvalue weighted by atomic mass is 32.1. The molecule has 6 nitrogen and oxygen atoms in total. The van der Waals surface area contributed by atoms with Gasteiger partial charge in [-0.05, 0) is 73.6 Å². The number of pyridine rings is 2. The van der Waals surface area contributed by atoms with Gasteiger partial charge in [0.25, 0.3) is 0 Å². The molecule has 0 radical (unpaired) electrons. The van der Waals surface area contributed by atoms with Gasteiger partial charge in [-0.2, -0.15) is 9.37 Å². The van der Waals surface area contributed by atoms with Crippen LogP contribution in [0.25, 0.3) is 10.6 Å². The van der Waals surface area contributed by atoms with Crippen molar-refractivity contribution in [3.63, 3.8) is 0 Å². The van der Waals surface area contributed by atoms with Crippen LogP contribution in [0.4, 0.5) is 4.39 Å². The molecule has 2 aliphatic rings. The fourth-order valence-corrected chi connectivity index (χ4v) is 6.33. The lowest BCUT2D eigenvalue weighted by Gasteiger charge is -2.28. The Hall–Kier alpha value is -4.83. The number of rotatable bonds is 1. The van der Waals surface area contributed by atoms with Crippen LogP contribution >= 0.6 is 22.7 Å². The van der Waals surface area contributed by atoms with Crippen LogP contribution in [0.5, 0.6) is 0 Å². The van der Waals surface area contributed by atoms with E-state index in [9.17, 15) is 14.0 Å². The molecular formula is C36H27FN4O2S2. The predicted octanol–water partition coefficient (Wildman–Crippen LogP) is 7.36. The minimum atomic E-state index is -0.518. The highest BCUT2D eigenvalue weighted by Crippen LogP contribution is 2.34. The number of halogens is 1. The molecule has 0 N–H and O–H groups in total. The Morgan fingerprint density at radius 3 is 2.24 bits per heavy atom. The number of thiazole rings is 2. The third-order valence-electron chi connectivity index (χ3n) is 7.53. The van der Waals surface area contributed by atoms with E-state index in [-0.39, 0.29) is 17.0 Å². The molecule has 1 aromatic carbocycles. The van der Waals surface area contributed by atoms with E-state index in [1.165, 1.54) is 5.38 Å². The van der Waals surface area contributed by atoms with Gasteiger partial charge in [-0.15, -0.1) is 22.7 Å². The summed E-state index contributed by atoms with van der Waals surface area (Å²) in [5, 5.41) is 2.69. The monoisotopic (exact) mass is 630 g/mol. The molecular weight excluding hydrogens is 604 g/mol. The highest BCUT2D eigenvalue weighted by molar-refractivity contribution is 7.15. The first kappa shape index (κ1) is 30.2. The molecule has 0 spiro atoms. The Balaban J connectivity index is 0.000000160. The van der Waals surface area contributed by atoms with Gasteiger partial charge < -0.3 is 0 Å². The Morgan fingerprint density at radius 2 is 1.51 bits per heavy atom. The molecule has 0 aliphatic heterocycles. The summed E-state index contributed by atoms with van der Waals surface area (Å²) in [7, 11) is 0. The topological polar surface area (TPSA) is 85.7 Å². The number of aryl methyl sites for hydroxylation is 2. The maximum Gasteiger partial charge on any atom is 0.224 e. The molecule has 7 rings (SSSR count). The summed E-state index contributed by atoms with van der Waals surface area (Å²) in [5.74, 6) is 11.7.